The van der Waals surface area contributed by atoms with E-state index < -0.39 is 5.97 Å². The van der Waals surface area contributed by atoms with Gasteiger partial charge in [0.05, 0.1) is 15.1 Å². The molecule has 15 heavy (non-hydrogen) atoms. The van der Waals surface area contributed by atoms with Crippen LogP contribution in [0.1, 0.15) is 9.67 Å². The molecule has 0 aliphatic heterocycles. The number of carboxylic acid groups (broad SMARTS) is 1. The number of hydrogen-bond acceptors (Lipinski definition) is 2. The van der Waals surface area contributed by atoms with Gasteiger partial charge < -0.3 is 5.11 Å². The van der Waals surface area contributed by atoms with Crippen molar-refractivity contribution in [3.05, 3.63) is 32.1 Å². The average Bonchev–Trinajstić information content (AvgIpc) is 2.50. The maximum Gasteiger partial charge on any atom is 0.347 e. The zero-order chi connectivity index (χ0) is 11.2. The summed E-state index contributed by atoms with van der Waals surface area (Å²) < 4.78 is 0.715. The third kappa shape index (κ3) is 1.70. The number of hydrogen-bond donors (Lipinski definition) is 1. The lowest BCUT2D eigenvalue weighted by molar-refractivity contribution is 0.0702. The van der Waals surface area contributed by atoms with Crippen LogP contribution < -0.4 is 0 Å². The summed E-state index contributed by atoms with van der Waals surface area (Å²) in [7, 11) is 0. The van der Waals surface area contributed by atoms with Crippen LogP contribution in [-0.4, -0.2) is 11.1 Å². The Hall–Kier alpha value is -0.480. The van der Waals surface area contributed by atoms with Crippen molar-refractivity contribution in [2.75, 3.05) is 0 Å². The molecule has 0 bridgehead atoms. The van der Waals surface area contributed by atoms with Gasteiger partial charge in [0.1, 0.15) is 4.88 Å². The number of halogens is 3. The molecule has 1 aromatic carbocycles. The molecule has 1 N–H and O–H groups in total. The third-order valence-electron chi connectivity index (χ3n) is 1.88. The van der Waals surface area contributed by atoms with Gasteiger partial charge in [-0.05, 0) is 12.1 Å². The van der Waals surface area contributed by atoms with Crippen LogP contribution in [0.2, 0.25) is 15.1 Å². The van der Waals surface area contributed by atoms with Gasteiger partial charge >= 0.3 is 5.97 Å². The van der Waals surface area contributed by atoms with E-state index in [1.54, 1.807) is 12.1 Å². The first-order valence-electron chi connectivity index (χ1n) is 3.81. The maximum atomic E-state index is 10.8. The van der Waals surface area contributed by atoms with Crippen molar-refractivity contribution in [1.29, 1.82) is 0 Å². The van der Waals surface area contributed by atoms with Crippen LogP contribution in [0.25, 0.3) is 10.1 Å². The monoisotopic (exact) mass is 280 g/mol. The first-order chi connectivity index (χ1) is 7.02. The summed E-state index contributed by atoms with van der Waals surface area (Å²) in [6, 6.07) is 3.32. The summed E-state index contributed by atoms with van der Waals surface area (Å²) in [6.45, 7) is 0. The summed E-state index contributed by atoms with van der Waals surface area (Å²) in [5, 5.41) is 10.2. The van der Waals surface area contributed by atoms with Gasteiger partial charge in [0, 0.05) is 10.1 Å². The first-order valence-corrected chi connectivity index (χ1v) is 5.76. The highest BCUT2D eigenvalue weighted by atomic mass is 35.5. The molecule has 1 heterocycles. The fourth-order valence-corrected chi connectivity index (χ4v) is 3.14. The van der Waals surface area contributed by atoms with E-state index in [9.17, 15) is 4.79 Å². The number of thiophene rings is 1. The molecule has 0 radical (unpaired) electrons. The number of benzene rings is 1. The number of rotatable bonds is 1. The molecular weight excluding hydrogens is 279 g/mol. The fraction of sp³-hybridized carbons (Fsp3) is 0. The first kappa shape index (κ1) is 11.0. The lowest BCUT2D eigenvalue weighted by Gasteiger charge is -1.97. The largest absolute Gasteiger partial charge is 0.477 e. The van der Waals surface area contributed by atoms with Crippen molar-refractivity contribution in [2.24, 2.45) is 0 Å². The van der Waals surface area contributed by atoms with Crippen LogP contribution in [0.15, 0.2) is 12.1 Å². The average molecular weight is 282 g/mol. The molecule has 0 unspecified atom stereocenters. The van der Waals surface area contributed by atoms with Crippen molar-refractivity contribution in [3.8, 4) is 0 Å². The Morgan fingerprint density at radius 2 is 1.87 bits per heavy atom. The minimum Gasteiger partial charge on any atom is -0.477 e. The molecule has 0 saturated heterocycles. The van der Waals surface area contributed by atoms with E-state index in [4.69, 9.17) is 39.9 Å². The van der Waals surface area contributed by atoms with Gasteiger partial charge in [0.25, 0.3) is 0 Å². The van der Waals surface area contributed by atoms with Crippen molar-refractivity contribution in [3.63, 3.8) is 0 Å². The zero-order valence-corrected chi connectivity index (χ0v) is 10.1. The third-order valence-corrected chi connectivity index (χ3v) is 4.32. The number of carboxylic acids is 1. The summed E-state index contributed by atoms with van der Waals surface area (Å²) in [5.41, 5.74) is 0. The van der Waals surface area contributed by atoms with E-state index in [1.165, 1.54) is 0 Å². The zero-order valence-electron chi connectivity index (χ0n) is 7.05. The predicted octanol–water partition coefficient (Wildman–Crippen LogP) is 4.56. The molecule has 0 aliphatic carbocycles. The Bertz CT molecular complexity index is 562. The molecule has 0 saturated carbocycles. The smallest absolute Gasteiger partial charge is 0.347 e. The second kappa shape index (κ2) is 3.83. The van der Waals surface area contributed by atoms with Crippen molar-refractivity contribution >= 4 is 62.2 Å². The molecule has 0 amide bonds. The summed E-state index contributed by atoms with van der Waals surface area (Å²) in [5.74, 6) is -1.06. The van der Waals surface area contributed by atoms with Gasteiger partial charge in [-0.2, -0.15) is 0 Å². The van der Waals surface area contributed by atoms with E-state index in [1.807, 2.05) is 0 Å². The van der Waals surface area contributed by atoms with Crippen LogP contribution in [0.3, 0.4) is 0 Å². The number of fused-ring (bicyclic) bond motifs is 1. The van der Waals surface area contributed by atoms with Crippen LogP contribution >= 0.6 is 46.1 Å². The normalized spacial score (nSPS) is 10.9. The molecule has 6 heteroatoms. The minimum atomic E-state index is -1.06. The molecule has 78 valence electrons. The summed E-state index contributed by atoms with van der Waals surface area (Å²) in [4.78, 5) is 10.9. The van der Waals surface area contributed by atoms with Gasteiger partial charge in [-0.15, -0.1) is 11.3 Å². The molecular formula is C9H3Cl3O2S. The maximum absolute atomic E-state index is 10.8. The van der Waals surface area contributed by atoms with Crippen molar-refractivity contribution in [1.82, 2.24) is 0 Å². The Morgan fingerprint density at radius 3 is 2.47 bits per heavy atom. The van der Waals surface area contributed by atoms with Gasteiger partial charge in [-0.25, -0.2) is 4.79 Å². The molecule has 0 fully saturated rings. The molecule has 0 spiro atoms. The Kier molecular flexibility index (Phi) is 2.81. The van der Waals surface area contributed by atoms with Crippen molar-refractivity contribution < 1.29 is 9.90 Å². The second-order valence-electron chi connectivity index (χ2n) is 2.78. The van der Waals surface area contributed by atoms with E-state index in [-0.39, 0.29) is 9.90 Å². The Balaban J connectivity index is 2.89. The molecule has 0 aliphatic rings. The standard InChI is InChI=1S/C9H3Cl3O2S/c10-3-1-2-4-5(6(3)11)7(12)8(15-4)9(13)14/h1-2H,(H,13,14). The van der Waals surface area contributed by atoms with Crippen LogP contribution in [0, 0.1) is 0 Å². The lowest BCUT2D eigenvalue weighted by Crippen LogP contribution is -1.91. The quantitative estimate of drug-likeness (QED) is 0.832. The molecule has 2 nitrogen and oxygen atoms in total. The molecule has 2 rings (SSSR count). The molecule has 0 atom stereocenters. The van der Waals surface area contributed by atoms with Crippen LogP contribution in [0.4, 0.5) is 0 Å². The van der Waals surface area contributed by atoms with Crippen LogP contribution in [-0.2, 0) is 0 Å². The summed E-state index contributed by atoms with van der Waals surface area (Å²) >= 11 is 18.8. The lowest BCUT2D eigenvalue weighted by atomic mass is 10.2. The SMILES string of the molecule is O=C(O)c1sc2ccc(Cl)c(Cl)c2c1Cl. The number of aromatic carboxylic acids is 1. The number of carbonyl (C=O) groups is 1. The molecule has 2 aromatic rings. The Labute approximate surface area is 104 Å². The Morgan fingerprint density at radius 1 is 1.20 bits per heavy atom. The highest BCUT2D eigenvalue weighted by Crippen LogP contribution is 2.42. The van der Waals surface area contributed by atoms with Crippen molar-refractivity contribution in [2.45, 2.75) is 0 Å². The minimum absolute atomic E-state index is 0.0795. The second-order valence-corrected chi connectivity index (χ2v) is 5.00. The van der Waals surface area contributed by atoms with Gasteiger partial charge in [0.15, 0.2) is 0 Å². The van der Waals surface area contributed by atoms with Gasteiger partial charge in [-0.3, -0.25) is 0 Å². The highest BCUT2D eigenvalue weighted by Gasteiger charge is 2.19. The van der Waals surface area contributed by atoms with Crippen LogP contribution in [0.5, 0.6) is 0 Å². The predicted molar refractivity (Wildman–Crippen MR) is 63.8 cm³/mol. The van der Waals surface area contributed by atoms with Gasteiger partial charge in [-0.1, -0.05) is 34.8 Å². The van der Waals surface area contributed by atoms with E-state index in [0.29, 0.717) is 20.1 Å². The molecule has 1 aromatic heterocycles. The summed E-state index contributed by atoms with van der Waals surface area (Å²) in [6.07, 6.45) is 0. The van der Waals surface area contributed by atoms with E-state index >= 15 is 0 Å². The van der Waals surface area contributed by atoms with E-state index in [0.717, 1.165) is 11.3 Å². The van der Waals surface area contributed by atoms with Gasteiger partial charge in [0.2, 0.25) is 0 Å². The fourth-order valence-electron chi connectivity index (χ4n) is 1.23. The highest BCUT2D eigenvalue weighted by molar-refractivity contribution is 7.21. The topological polar surface area (TPSA) is 37.3 Å². The van der Waals surface area contributed by atoms with E-state index in [2.05, 4.69) is 0 Å².